The number of carbonyl (C=O) groups is 1. The molecule has 0 saturated heterocycles. The molecular formula is C26H29NO5. The van der Waals surface area contributed by atoms with Crippen molar-refractivity contribution in [1.29, 1.82) is 0 Å². The number of hydrogen-bond acceptors (Lipinski definition) is 5. The minimum atomic E-state index is -1.01. The number of benzene rings is 3. The van der Waals surface area contributed by atoms with Gasteiger partial charge in [0, 0.05) is 13.1 Å². The smallest absolute Gasteiger partial charge is 0.339 e. The number of aliphatic hydroxyl groups excluding tert-OH is 1. The zero-order valence-electron chi connectivity index (χ0n) is 18.3. The average Bonchev–Trinajstić information content (AvgIpc) is 2.79. The molecule has 1 atom stereocenters. The number of carboxylic acid groups (broad SMARTS) is 1. The van der Waals surface area contributed by atoms with Gasteiger partial charge in [0.2, 0.25) is 0 Å². The van der Waals surface area contributed by atoms with E-state index >= 15 is 0 Å². The summed E-state index contributed by atoms with van der Waals surface area (Å²) in [7, 11) is 0. The molecule has 3 rings (SSSR count). The molecule has 0 bridgehead atoms. The van der Waals surface area contributed by atoms with Gasteiger partial charge in [0.25, 0.3) is 0 Å². The number of carboxylic acids is 1. The Balaban J connectivity index is 1.52. The van der Waals surface area contributed by atoms with Crippen molar-refractivity contribution in [1.82, 2.24) is 5.32 Å². The fourth-order valence-corrected chi connectivity index (χ4v) is 3.25. The van der Waals surface area contributed by atoms with Crippen molar-refractivity contribution >= 4 is 5.97 Å². The Labute approximate surface area is 188 Å². The molecule has 0 aliphatic carbocycles. The maximum atomic E-state index is 11.4. The van der Waals surface area contributed by atoms with Gasteiger partial charge >= 0.3 is 5.97 Å². The van der Waals surface area contributed by atoms with Crippen LogP contribution in [-0.2, 0) is 0 Å². The topological polar surface area (TPSA) is 88.0 Å². The lowest BCUT2D eigenvalue weighted by Crippen LogP contribution is -2.26. The van der Waals surface area contributed by atoms with E-state index in [1.807, 2.05) is 68.4 Å². The third-order valence-electron chi connectivity index (χ3n) is 4.83. The zero-order chi connectivity index (χ0) is 22.9. The summed E-state index contributed by atoms with van der Waals surface area (Å²) >= 11 is 0. The van der Waals surface area contributed by atoms with E-state index in [4.69, 9.17) is 9.47 Å². The highest BCUT2D eigenvalue weighted by Crippen LogP contribution is 2.29. The molecule has 0 aliphatic rings. The molecule has 0 aromatic heterocycles. The zero-order valence-corrected chi connectivity index (χ0v) is 18.3. The molecule has 6 nitrogen and oxygen atoms in total. The van der Waals surface area contributed by atoms with Gasteiger partial charge in [-0.15, -0.1) is 0 Å². The van der Waals surface area contributed by atoms with Crippen molar-refractivity contribution in [2.24, 2.45) is 0 Å². The summed E-state index contributed by atoms with van der Waals surface area (Å²) in [5.74, 6) is 0.0786. The van der Waals surface area contributed by atoms with E-state index in [2.05, 4.69) is 5.32 Å². The predicted octanol–water partition coefficient (Wildman–Crippen LogP) is 4.54. The Morgan fingerprint density at radius 1 is 0.969 bits per heavy atom. The second-order valence-electron chi connectivity index (χ2n) is 7.69. The minimum Gasteiger partial charge on any atom is -0.492 e. The van der Waals surface area contributed by atoms with Crippen molar-refractivity contribution in [2.45, 2.75) is 26.1 Å². The van der Waals surface area contributed by atoms with Gasteiger partial charge in [-0.1, -0.05) is 48.5 Å². The van der Waals surface area contributed by atoms with Crippen LogP contribution in [0.5, 0.6) is 11.5 Å². The summed E-state index contributed by atoms with van der Waals surface area (Å²) in [5.41, 5.74) is 2.84. The molecule has 3 aromatic rings. The quantitative estimate of drug-likeness (QED) is 0.383. The molecule has 32 heavy (non-hydrogen) atoms. The molecule has 3 N–H and O–H groups in total. The number of ether oxygens (including phenoxy) is 2. The van der Waals surface area contributed by atoms with Crippen LogP contribution in [0.3, 0.4) is 0 Å². The van der Waals surface area contributed by atoms with Crippen LogP contribution in [0.25, 0.3) is 11.1 Å². The van der Waals surface area contributed by atoms with Gasteiger partial charge in [0.1, 0.15) is 23.7 Å². The lowest BCUT2D eigenvalue weighted by Gasteiger charge is -2.14. The van der Waals surface area contributed by atoms with Gasteiger partial charge in [-0.25, -0.2) is 4.79 Å². The lowest BCUT2D eigenvalue weighted by atomic mass is 10.0. The number of nitrogens with one attached hydrogen (secondary N) is 1. The maximum absolute atomic E-state index is 11.4. The molecular weight excluding hydrogens is 406 g/mol. The molecule has 0 spiro atoms. The summed E-state index contributed by atoms with van der Waals surface area (Å²) in [6.07, 6.45) is -0.672. The van der Waals surface area contributed by atoms with E-state index in [0.717, 1.165) is 22.4 Å². The molecule has 3 aromatic carbocycles. The Morgan fingerprint density at radius 2 is 1.66 bits per heavy atom. The molecule has 6 heteroatoms. The first-order valence-electron chi connectivity index (χ1n) is 10.6. The Hall–Kier alpha value is -3.35. The largest absolute Gasteiger partial charge is 0.492 e. The number of rotatable bonds is 11. The predicted molar refractivity (Wildman–Crippen MR) is 124 cm³/mol. The first kappa shape index (κ1) is 23.3. The van der Waals surface area contributed by atoms with E-state index in [1.165, 1.54) is 0 Å². The monoisotopic (exact) mass is 435 g/mol. The van der Waals surface area contributed by atoms with Crippen molar-refractivity contribution in [3.63, 3.8) is 0 Å². The summed E-state index contributed by atoms with van der Waals surface area (Å²) in [6, 6.07) is 22.2. The van der Waals surface area contributed by atoms with Crippen molar-refractivity contribution in [2.75, 3.05) is 19.7 Å². The lowest BCUT2D eigenvalue weighted by molar-refractivity contribution is 0.0690. The fraction of sp³-hybridized carbons (Fsp3) is 0.269. The van der Waals surface area contributed by atoms with Gasteiger partial charge in [-0.3, -0.25) is 0 Å². The van der Waals surface area contributed by atoms with Crippen molar-refractivity contribution in [3.05, 3.63) is 83.9 Å². The van der Waals surface area contributed by atoms with E-state index < -0.39 is 12.1 Å². The van der Waals surface area contributed by atoms with Crippen LogP contribution < -0.4 is 14.8 Å². The number of aromatic carboxylic acids is 1. The van der Waals surface area contributed by atoms with Crippen LogP contribution in [0.2, 0.25) is 0 Å². The Kier molecular flexibility index (Phi) is 8.25. The Morgan fingerprint density at radius 3 is 2.31 bits per heavy atom. The highest BCUT2D eigenvalue weighted by atomic mass is 16.5. The van der Waals surface area contributed by atoms with E-state index in [9.17, 15) is 15.0 Å². The van der Waals surface area contributed by atoms with Crippen molar-refractivity contribution < 1.29 is 24.5 Å². The second kappa shape index (κ2) is 11.3. The van der Waals surface area contributed by atoms with E-state index in [0.29, 0.717) is 25.4 Å². The fourth-order valence-electron chi connectivity index (χ4n) is 3.25. The molecule has 0 aliphatic heterocycles. The molecule has 0 heterocycles. The Bertz CT molecular complexity index is 1000. The molecule has 0 radical (unpaired) electrons. The normalized spacial score (nSPS) is 11.9. The standard InChI is InChI=1S/C26H29NO5/c1-18(2)32-25-16-21(10-13-23(25)26(29)30)19-8-11-22(12-9-19)31-15-14-27-17-24(28)20-6-4-3-5-7-20/h3-13,16,18,24,27-28H,14-15,17H2,1-2H3,(H,29,30)/t24-/m0/s1. The molecule has 168 valence electrons. The first-order valence-corrected chi connectivity index (χ1v) is 10.6. The molecule has 0 saturated carbocycles. The van der Waals surface area contributed by atoms with E-state index in [-0.39, 0.29) is 11.7 Å². The van der Waals surface area contributed by atoms with Gasteiger partial charge in [0.05, 0.1) is 12.2 Å². The number of aliphatic hydroxyl groups is 1. The van der Waals surface area contributed by atoms with Crippen LogP contribution in [0.15, 0.2) is 72.8 Å². The van der Waals surface area contributed by atoms with Gasteiger partial charge in [-0.05, 0) is 54.8 Å². The third-order valence-corrected chi connectivity index (χ3v) is 4.83. The second-order valence-corrected chi connectivity index (χ2v) is 7.69. The van der Waals surface area contributed by atoms with Crippen LogP contribution in [0, 0.1) is 0 Å². The summed E-state index contributed by atoms with van der Waals surface area (Å²) in [5, 5.41) is 22.7. The molecule has 0 fully saturated rings. The van der Waals surface area contributed by atoms with E-state index in [1.54, 1.807) is 18.2 Å². The third kappa shape index (κ3) is 6.57. The van der Waals surface area contributed by atoms with Gasteiger partial charge in [-0.2, -0.15) is 0 Å². The highest BCUT2D eigenvalue weighted by Gasteiger charge is 2.14. The maximum Gasteiger partial charge on any atom is 0.339 e. The van der Waals surface area contributed by atoms with Gasteiger partial charge < -0.3 is 25.0 Å². The van der Waals surface area contributed by atoms with Gasteiger partial charge in [0.15, 0.2) is 0 Å². The SMILES string of the molecule is CC(C)Oc1cc(-c2ccc(OCCNC[C@H](O)c3ccccc3)cc2)ccc1C(=O)O. The van der Waals surface area contributed by atoms with Crippen LogP contribution in [0.4, 0.5) is 0 Å². The average molecular weight is 436 g/mol. The van der Waals surface area contributed by atoms with Crippen molar-refractivity contribution in [3.8, 4) is 22.6 Å². The molecule has 0 unspecified atom stereocenters. The summed E-state index contributed by atoms with van der Waals surface area (Å²) < 4.78 is 11.4. The van der Waals surface area contributed by atoms with Crippen LogP contribution >= 0.6 is 0 Å². The minimum absolute atomic E-state index is 0.124. The van der Waals surface area contributed by atoms with Crippen LogP contribution in [0.1, 0.15) is 35.9 Å². The van der Waals surface area contributed by atoms with Crippen LogP contribution in [-0.4, -0.2) is 42.0 Å². The first-order chi connectivity index (χ1) is 15.4. The summed E-state index contributed by atoms with van der Waals surface area (Å²) in [4.78, 5) is 11.4. The number of hydrogen-bond donors (Lipinski definition) is 3. The molecule has 0 amide bonds. The highest BCUT2D eigenvalue weighted by molar-refractivity contribution is 5.92. The summed E-state index contributed by atoms with van der Waals surface area (Å²) in [6.45, 7) is 5.27.